The number of hydrogen-bond acceptors (Lipinski definition) is 5. The van der Waals surface area contributed by atoms with Gasteiger partial charge in [-0.15, -0.1) is 0 Å². The third kappa shape index (κ3) is 5.13. The van der Waals surface area contributed by atoms with E-state index >= 15 is 0 Å². The van der Waals surface area contributed by atoms with Gasteiger partial charge >= 0.3 is 5.97 Å². The van der Waals surface area contributed by atoms with Crippen LogP contribution in [0.3, 0.4) is 0 Å². The van der Waals surface area contributed by atoms with Crippen molar-refractivity contribution in [3.8, 4) is 11.4 Å². The second kappa shape index (κ2) is 9.43. The Morgan fingerprint density at radius 1 is 1.24 bits per heavy atom. The molecule has 8 nitrogen and oxygen atoms in total. The summed E-state index contributed by atoms with van der Waals surface area (Å²) < 4.78 is 15.9. The van der Waals surface area contributed by atoms with Gasteiger partial charge in [0, 0.05) is 32.1 Å². The number of carboxylic acid groups (broad SMARTS) is 1. The van der Waals surface area contributed by atoms with Crippen LogP contribution in [0.4, 0.5) is 4.39 Å². The lowest BCUT2D eigenvalue weighted by molar-refractivity contribution is -0.127. The molecule has 0 saturated heterocycles. The molecule has 9 heteroatoms. The van der Waals surface area contributed by atoms with E-state index in [2.05, 4.69) is 15.2 Å². The molecule has 0 spiro atoms. The summed E-state index contributed by atoms with van der Waals surface area (Å²) in [6.45, 7) is 7.65. The van der Waals surface area contributed by atoms with Crippen LogP contribution in [-0.2, 0) is 17.9 Å². The number of Topliss-reactive ketones (excluding diaryl/α,β-unsaturated/α-hetero) is 1. The second-order valence-electron chi connectivity index (χ2n) is 9.63. The fourth-order valence-corrected chi connectivity index (χ4v) is 4.24. The van der Waals surface area contributed by atoms with E-state index in [1.165, 1.54) is 12.1 Å². The Morgan fingerprint density at radius 2 is 1.94 bits per heavy atom. The molecule has 0 bridgehead atoms. The maximum absolute atomic E-state index is 14.0. The van der Waals surface area contributed by atoms with Crippen molar-refractivity contribution in [3.63, 3.8) is 0 Å². The van der Waals surface area contributed by atoms with Crippen LogP contribution in [0.15, 0.2) is 18.2 Å². The summed E-state index contributed by atoms with van der Waals surface area (Å²) in [5.41, 5.74) is 0.548. The van der Waals surface area contributed by atoms with Crippen molar-refractivity contribution in [2.45, 2.75) is 46.7 Å². The van der Waals surface area contributed by atoms with Gasteiger partial charge in [-0.1, -0.05) is 20.8 Å². The van der Waals surface area contributed by atoms with Crippen molar-refractivity contribution in [1.82, 2.24) is 19.8 Å². The van der Waals surface area contributed by atoms with Crippen molar-refractivity contribution in [3.05, 3.63) is 41.0 Å². The molecule has 0 fully saturated rings. The molecular formula is C24H31FN4O4. The predicted octanol–water partition coefficient (Wildman–Crippen LogP) is 3.20. The van der Waals surface area contributed by atoms with Gasteiger partial charge in [0.2, 0.25) is 5.91 Å². The molecule has 1 aliphatic rings. The summed E-state index contributed by atoms with van der Waals surface area (Å²) in [4.78, 5) is 44.1. The third-order valence-electron chi connectivity index (χ3n) is 6.13. The van der Waals surface area contributed by atoms with Gasteiger partial charge in [-0.25, -0.2) is 14.2 Å². The van der Waals surface area contributed by atoms with E-state index < -0.39 is 28.7 Å². The quantitative estimate of drug-likeness (QED) is 0.644. The number of ketones is 1. The lowest BCUT2D eigenvalue weighted by Crippen LogP contribution is -2.37. The molecular weight excluding hydrogens is 427 g/mol. The standard InChI is InChI=1S/C24H31FN4O4/c1-24(2,3)16(22(31)26-4)12-19(30)20-18-13-28(5)9-6-10-29(18)21(27-20)14-7-8-17(25)15(11-14)23(32)33/h7-8,11,16H,6,9-10,12-13H2,1-5H3,(H,26,31)(H,32,33)/t16-/m1/s1. The van der Waals surface area contributed by atoms with Crippen molar-refractivity contribution < 1.29 is 23.9 Å². The summed E-state index contributed by atoms with van der Waals surface area (Å²) in [5.74, 6) is -2.76. The summed E-state index contributed by atoms with van der Waals surface area (Å²) in [6, 6.07) is 3.83. The average molecular weight is 459 g/mol. The van der Waals surface area contributed by atoms with Crippen LogP contribution in [-0.4, -0.2) is 57.9 Å². The van der Waals surface area contributed by atoms with Crippen molar-refractivity contribution in [1.29, 1.82) is 0 Å². The molecule has 1 aromatic carbocycles. The Kier molecular flexibility index (Phi) is 7.02. The Hall–Kier alpha value is -3.07. The number of aromatic carboxylic acids is 1. The van der Waals surface area contributed by atoms with Gasteiger partial charge in [-0.2, -0.15) is 0 Å². The van der Waals surface area contributed by atoms with Crippen molar-refractivity contribution in [2.75, 3.05) is 20.6 Å². The van der Waals surface area contributed by atoms with E-state index in [9.17, 15) is 23.9 Å². The largest absolute Gasteiger partial charge is 0.478 e. The van der Waals surface area contributed by atoms with Crippen LogP contribution < -0.4 is 5.32 Å². The molecule has 3 rings (SSSR count). The van der Waals surface area contributed by atoms with Gasteiger partial charge < -0.3 is 19.9 Å². The van der Waals surface area contributed by atoms with Gasteiger partial charge in [-0.05, 0) is 43.6 Å². The zero-order chi connectivity index (χ0) is 24.5. The fourth-order valence-electron chi connectivity index (χ4n) is 4.24. The minimum Gasteiger partial charge on any atom is -0.478 e. The summed E-state index contributed by atoms with van der Waals surface area (Å²) >= 11 is 0. The van der Waals surface area contributed by atoms with E-state index in [1.807, 2.05) is 32.4 Å². The third-order valence-corrected chi connectivity index (χ3v) is 6.13. The van der Waals surface area contributed by atoms with Crippen molar-refractivity contribution >= 4 is 17.7 Å². The van der Waals surface area contributed by atoms with Crippen LogP contribution in [0.5, 0.6) is 0 Å². The molecule has 0 radical (unpaired) electrons. The number of carboxylic acids is 1. The van der Waals surface area contributed by atoms with Crippen molar-refractivity contribution in [2.24, 2.45) is 11.3 Å². The molecule has 2 N–H and O–H groups in total. The maximum Gasteiger partial charge on any atom is 0.338 e. The first-order valence-corrected chi connectivity index (χ1v) is 11.0. The van der Waals surface area contributed by atoms with Crippen LogP contribution in [0.1, 0.15) is 60.2 Å². The molecule has 0 unspecified atom stereocenters. The van der Waals surface area contributed by atoms with Gasteiger partial charge in [0.25, 0.3) is 0 Å². The first-order chi connectivity index (χ1) is 15.4. The Balaban J connectivity index is 2.11. The minimum absolute atomic E-state index is 0.000134. The Morgan fingerprint density at radius 3 is 2.55 bits per heavy atom. The highest BCUT2D eigenvalue weighted by atomic mass is 19.1. The molecule has 1 amide bonds. The Labute approximate surface area is 192 Å². The van der Waals surface area contributed by atoms with Crippen LogP contribution in [0.2, 0.25) is 0 Å². The molecule has 33 heavy (non-hydrogen) atoms. The first-order valence-electron chi connectivity index (χ1n) is 11.0. The molecule has 0 aliphatic carbocycles. The first kappa shape index (κ1) is 24.6. The van der Waals surface area contributed by atoms with E-state index in [-0.39, 0.29) is 23.8 Å². The fraction of sp³-hybridized carbons (Fsp3) is 0.500. The zero-order valence-electron chi connectivity index (χ0n) is 19.7. The Bertz CT molecular complexity index is 1090. The smallest absolute Gasteiger partial charge is 0.338 e. The number of nitrogens with zero attached hydrogens (tertiary/aromatic N) is 3. The van der Waals surface area contributed by atoms with Gasteiger partial charge in [-0.3, -0.25) is 9.59 Å². The highest BCUT2D eigenvalue weighted by Crippen LogP contribution is 2.33. The number of aromatic nitrogens is 2. The van der Waals surface area contributed by atoms with Gasteiger partial charge in [0.1, 0.15) is 17.3 Å². The van der Waals surface area contributed by atoms with E-state index in [0.717, 1.165) is 24.7 Å². The molecule has 0 saturated carbocycles. The number of rotatable bonds is 6. The maximum atomic E-state index is 14.0. The van der Waals surface area contributed by atoms with Crippen LogP contribution >= 0.6 is 0 Å². The van der Waals surface area contributed by atoms with Crippen LogP contribution in [0.25, 0.3) is 11.4 Å². The number of fused-ring (bicyclic) bond motifs is 1. The van der Waals surface area contributed by atoms with Crippen LogP contribution in [0, 0.1) is 17.2 Å². The predicted molar refractivity (Wildman–Crippen MR) is 121 cm³/mol. The number of carbonyl (C=O) groups excluding carboxylic acids is 2. The molecule has 1 aromatic heterocycles. The molecule has 1 aliphatic heterocycles. The number of halogens is 1. The minimum atomic E-state index is -1.37. The number of hydrogen-bond donors (Lipinski definition) is 2. The summed E-state index contributed by atoms with van der Waals surface area (Å²) in [5, 5.41) is 12.0. The van der Waals surface area contributed by atoms with E-state index in [4.69, 9.17) is 0 Å². The topological polar surface area (TPSA) is 105 Å². The summed E-state index contributed by atoms with van der Waals surface area (Å²) in [7, 11) is 3.51. The lowest BCUT2D eigenvalue weighted by atomic mass is 9.77. The monoisotopic (exact) mass is 458 g/mol. The molecule has 1 atom stereocenters. The number of imidazole rings is 1. The molecule has 2 heterocycles. The van der Waals surface area contributed by atoms with Gasteiger partial charge in [0.15, 0.2) is 5.78 Å². The number of nitrogens with one attached hydrogen (secondary N) is 1. The number of carbonyl (C=O) groups is 3. The zero-order valence-corrected chi connectivity index (χ0v) is 19.7. The highest BCUT2D eigenvalue weighted by molar-refractivity contribution is 5.99. The average Bonchev–Trinajstić information content (AvgIpc) is 2.97. The van der Waals surface area contributed by atoms with E-state index in [1.54, 1.807) is 7.05 Å². The lowest BCUT2D eigenvalue weighted by Gasteiger charge is -2.28. The number of benzene rings is 1. The second-order valence-corrected chi connectivity index (χ2v) is 9.63. The summed E-state index contributed by atoms with van der Waals surface area (Å²) in [6.07, 6.45) is 0.816. The highest BCUT2D eigenvalue weighted by Gasteiger charge is 2.35. The van der Waals surface area contributed by atoms with Gasteiger partial charge in [0.05, 0.1) is 17.2 Å². The van der Waals surface area contributed by atoms with E-state index in [0.29, 0.717) is 24.5 Å². The molecule has 178 valence electrons. The number of amides is 1. The molecule has 2 aromatic rings. The normalized spacial score (nSPS) is 15.5. The SMILES string of the molecule is CNC(=O)[C@@H](CC(=O)c1nc(-c2ccc(F)c(C(=O)O)c2)n2c1CN(C)CCC2)C(C)(C)C.